The highest BCUT2D eigenvalue weighted by Crippen LogP contribution is 2.22. The SMILES string of the molecule is Cc1ccc2oc(-c3ccccc3)cc(=[NH+]CC3CCCO3)c2c1. The van der Waals surface area contributed by atoms with Crippen molar-refractivity contribution in [2.75, 3.05) is 13.2 Å². The molecule has 0 amide bonds. The molecule has 4 rings (SSSR count). The van der Waals surface area contributed by atoms with E-state index in [4.69, 9.17) is 9.15 Å². The summed E-state index contributed by atoms with van der Waals surface area (Å²) in [6, 6.07) is 18.6. The van der Waals surface area contributed by atoms with E-state index < -0.39 is 0 Å². The topological polar surface area (TPSA) is 36.3 Å². The predicted molar refractivity (Wildman–Crippen MR) is 94.3 cm³/mol. The standard InChI is InChI=1S/C21H21NO2/c1-15-9-10-20-18(12-15)19(22-14-17-8-5-11-23-17)13-21(24-20)16-6-3-2-4-7-16/h2-4,6-7,9-10,12-13,17H,5,8,11,14H2,1H3/p+1. The lowest BCUT2D eigenvalue weighted by Gasteiger charge is -2.05. The quantitative estimate of drug-likeness (QED) is 0.805. The van der Waals surface area contributed by atoms with Gasteiger partial charge in [-0.05, 0) is 31.9 Å². The zero-order valence-electron chi connectivity index (χ0n) is 13.9. The molecule has 1 fully saturated rings. The Kier molecular flexibility index (Phi) is 4.18. The van der Waals surface area contributed by atoms with Crippen LogP contribution < -0.4 is 10.3 Å². The number of ether oxygens (including phenoxy) is 1. The molecule has 1 N–H and O–H groups in total. The monoisotopic (exact) mass is 320 g/mol. The normalized spacial score (nSPS) is 18.4. The van der Waals surface area contributed by atoms with Gasteiger partial charge in [0.05, 0.1) is 11.5 Å². The van der Waals surface area contributed by atoms with Crippen LogP contribution in [0.15, 0.2) is 59.0 Å². The van der Waals surface area contributed by atoms with Gasteiger partial charge in [0.2, 0.25) is 5.36 Å². The Balaban J connectivity index is 1.85. The van der Waals surface area contributed by atoms with Gasteiger partial charge in [-0.1, -0.05) is 42.0 Å². The molecule has 122 valence electrons. The maximum atomic E-state index is 6.14. The van der Waals surface area contributed by atoms with Crippen molar-refractivity contribution in [2.24, 2.45) is 0 Å². The molecule has 3 nitrogen and oxygen atoms in total. The molecule has 0 aliphatic carbocycles. The molecule has 2 aromatic carbocycles. The first-order valence-electron chi connectivity index (χ1n) is 8.58. The molecule has 1 aliphatic rings. The zero-order valence-corrected chi connectivity index (χ0v) is 13.9. The Morgan fingerprint density at radius 3 is 2.75 bits per heavy atom. The molecular weight excluding hydrogens is 298 g/mol. The molecule has 1 atom stereocenters. The summed E-state index contributed by atoms with van der Waals surface area (Å²) in [7, 11) is 0. The van der Waals surface area contributed by atoms with E-state index in [9.17, 15) is 0 Å². The van der Waals surface area contributed by atoms with Crippen molar-refractivity contribution in [1.82, 2.24) is 0 Å². The molecule has 24 heavy (non-hydrogen) atoms. The second kappa shape index (κ2) is 6.62. The first kappa shape index (κ1) is 15.2. The number of nitrogens with one attached hydrogen (secondary N) is 1. The van der Waals surface area contributed by atoms with Gasteiger partial charge in [0, 0.05) is 12.2 Å². The van der Waals surface area contributed by atoms with E-state index >= 15 is 0 Å². The van der Waals surface area contributed by atoms with Crippen molar-refractivity contribution in [1.29, 1.82) is 0 Å². The van der Waals surface area contributed by atoms with Crippen LogP contribution in [-0.4, -0.2) is 19.3 Å². The molecule has 1 saturated heterocycles. The number of rotatable bonds is 3. The maximum Gasteiger partial charge on any atom is 0.213 e. The summed E-state index contributed by atoms with van der Waals surface area (Å²) in [5.41, 5.74) is 3.21. The minimum absolute atomic E-state index is 0.308. The van der Waals surface area contributed by atoms with Crippen LogP contribution in [0.2, 0.25) is 0 Å². The van der Waals surface area contributed by atoms with Gasteiger partial charge < -0.3 is 9.15 Å². The summed E-state index contributed by atoms with van der Waals surface area (Å²) in [6.07, 6.45) is 2.60. The van der Waals surface area contributed by atoms with Crippen molar-refractivity contribution < 1.29 is 14.1 Å². The molecule has 1 aromatic heterocycles. The van der Waals surface area contributed by atoms with E-state index in [0.717, 1.165) is 53.6 Å². The van der Waals surface area contributed by atoms with Crippen molar-refractivity contribution in [3.05, 3.63) is 65.5 Å². The lowest BCUT2D eigenvalue weighted by molar-refractivity contribution is -0.509. The fourth-order valence-corrected chi connectivity index (χ4v) is 3.22. The third kappa shape index (κ3) is 3.13. The highest BCUT2D eigenvalue weighted by atomic mass is 16.5. The molecule has 0 spiro atoms. The van der Waals surface area contributed by atoms with Gasteiger partial charge in [-0.3, -0.25) is 0 Å². The highest BCUT2D eigenvalue weighted by Gasteiger charge is 2.17. The van der Waals surface area contributed by atoms with Crippen LogP contribution in [0.4, 0.5) is 0 Å². The van der Waals surface area contributed by atoms with Crippen LogP contribution in [-0.2, 0) is 4.74 Å². The van der Waals surface area contributed by atoms with Gasteiger partial charge in [-0.15, -0.1) is 0 Å². The Morgan fingerprint density at radius 1 is 1.08 bits per heavy atom. The van der Waals surface area contributed by atoms with Gasteiger partial charge in [-0.2, -0.15) is 0 Å². The molecule has 0 bridgehead atoms. The smallest absolute Gasteiger partial charge is 0.213 e. The van der Waals surface area contributed by atoms with Crippen LogP contribution in [0.3, 0.4) is 0 Å². The second-order valence-electron chi connectivity index (χ2n) is 6.41. The van der Waals surface area contributed by atoms with Gasteiger partial charge >= 0.3 is 0 Å². The van der Waals surface area contributed by atoms with E-state index in [1.807, 2.05) is 24.3 Å². The van der Waals surface area contributed by atoms with Gasteiger partial charge in [0.25, 0.3) is 0 Å². The van der Waals surface area contributed by atoms with E-state index in [2.05, 4.69) is 42.2 Å². The van der Waals surface area contributed by atoms with E-state index in [1.165, 1.54) is 5.56 Å². The van der Waals surface area contributed by atoms with Crippen LogP contribution in [0, 0.1) is 6.92 Å². The third-order valence-electron chi connectivity index (χ3n) is 4.52. The second-order valence-corrected chi connectivity index (χ2v) is 6.41. The molecule has 0 radical (unpaired) electrons. The average molecular weight is 320 g/mol. The Morgan fingerprint density at radius 2 is 1.96 bits per heavy atom. The van der Waals surface area contributed by atoms with Gasteiger partial charge in [-0.25, -0.2) is 4.99 Å². The van der Waals surface area contributed by atoms with Crippen molar-refractivity contribution in [2.45, 2.75) is 25.9 Å². The van der Waals surface area contributed by atoms with Crippen LogP contribution in [0.1, 0.15) is 18.4 Å². The number of hydrogen-bond donors (Lipinski definition) is 1. The molecule has 3 heteroatoms. The summed E-state index contributed by atoms with van der Waals surface area (Å²) in [6.45, 7) is 3.82. The first-order chi connectivity index (χ1) is 11.8. The van der Waals surface area contributed by atoms with Gasteiger partial charge in [0.1, 0.15) is 17.4 Å². The van der Waals surface area contributed by atoms with E-state index in [-0.39, 0.29) is 0 Å². The van der Waals surface area contributed by atoms with Gasteiger partial charge in [0.15, 0.2) is 6.54 Å². The lowest BCUT2D eigenvalue weighted by Crippen LogP contribution is -2.79. The minimum atomic E-state index is 0.308. The lowest BCUT2D eigenvalue weighted by atomic mass is 10.1. The van der Waals surface area contributed by atoms with Crippen LogP contribution >= 0.6 is 0 Å². The predicted octanol–water partition coefficient (Wildman–Crippen LogP) is 2.57. The summed E-state index contributed by atoms with van der Waals surface area (Å²) >= 11 is 0. The molecule has 1 unspecified atom stereocenters. The number of aryl methyl sites for hydroxylation is 1. The van der Waals surface area contributed by atoms with E-state index in [0.29, 0.717) is 6.10 Å². The Bertz CT molecular complexity index is 906. The highest BCUT2D eigenvalue weighted by molar-refractivity contribution is 5.78. The number of benzene rings is 2. The van der Waals surface area contributed by atoms with Crippen LogP contribution in [0.5, 0.6) is 0 Å². The summed E-state index contributed by atoms with van der Waals surface area (Å²) in [5.74, 6) is 0.877. The number of hydrogen-bond acceptors (Lipinski definition) is 2. The van der Waals surface area contributed by atoms with Crippen LogP contribution in [0.25, 0.3) is 22.3 Å². The fraction of sp³-hybridized carbons (Fsp3) is 0.286. The summed E-state index contributed by atoms with van der Waals surface area (Å²) < 4.78 is 11.9. The van der Waals surface area contributed by atoms with Crippen molar-refractivity contribution in [3.63, 3.8) is 0 Å². The number of fused-ring (bicyclic) bond motifs is 1. The molecular formula is C21H22NO2+. The minimum Gasteiger partial charge on any atom is -0.456 e. The Hall–Kier alpha value is -2.39. The zero-order chi connectivity index (χ0) is 16.4. The van der Waals surface area contributed by atoms with Crippen molar-refractivity contribution in [3.8, 4) is 11.3 Å². The molecule has 2 heterocycles. The fourth-order valence-electron chi connectivity index (χ4n) is 3.22. The average Bonchev–Trinajstić information content (AvgIpc) is 3.14. The summed E-state index contributed by atoms with van der Waals surface area (Å²) in [5, 5.41) is 2.22. The van der Waals surface area contributed by atoms with E-state index in [1.54, 1.807) is 0 Å². The third-order valence-corrected chi connectivity index (χ3v) is 4.52. The molecule has 1 aliphatic heterocycles. The summed E-state index contributed by atoms with van der Waals surface area (Å²) in [4.78, 5) is 3.58. The largest absolute Gasteiger partial charge is 0.456 e. The Labute approximate surface area is 141 Å². The molecule has 3 aromatic rings. The first-order valence-corrected chi connectivity index (χ1v) is 8.58. The van der Waals surface area contributed by atoms with Crippen molar-refractivity contribution >= 4 is 11.0 Å². The molecule has 0 saturated carbocycles. The maximum absolute atomic E-state index is 6.14.